The Kier molecular flexibility index (Phi) is 9.04. The summed E-state index contributed by atoms with van der Waals surface area (Å²) < 4.78 is 18.4. The highest BCUT2D eigenvalue weighted by molar-refractivity contribution is 14.0. The third-order valence-corrected chi connectivity index (χ3v) is 3.39. The normalized spacial score (nSPS) is 10.8. The summed E-state index contributed by atoms with van der Waals surface area (Å²) in [6.07, 6.45) is 0. The SMILES string of the molecule is CCNC(=NCc1cccc(F)c1)NCc1cc(OC)ccc1O.I. The summed E-state index contributed by atoms with van der Waals surface area (Å²) in [4.78, 5) is 4.43. The molecule has 0 bridgehead atoms. The molecule has 0 saturated heterocycles. The number of hydrogen-bond donors (Lipinski definition) is 3. The average Bonchev–Trinajstić information content (AvgIpc) is 2.58. The molecule has 136 valence electrons. The first kappa shape index (κ1) is 21.0. The fourth-order valence-electron chi connectivity index (χ4n) is 2.16. The van der Waals surface area contributed by atoms with Crippen LogP contribution in [0.2, 0.25) is 0 Å². The van der Waals surface area contributed by atoms with E-state index < -0.39 is 0 Å². The molecular weight excluding hydrogens is 436 g/mol. The van der Waals surface area contributed by atoms with Crippen LogP contribution in [0.25, 0.3) is 0 Å². The number of halogens is 2. The molecule has 0 fully saturated rings. The van der Waals surface area contributed by atoms with Gasteiger partial charge in [-0.3, -0.25) is 0 Å². The van der Waals surface area contributed by atoms with E-state index in [1.54, 1.807) is 31.4 Å². The van der Waals surface area contributed by atoms with E-state index in [0.717, 1.165) is 5.56 Å². The highest BCUT2D eigenvalue weighted by atomic mass is 127. The quantitative estimate of drug-likeness (QED) is 0.352. The second-order valence-corrected chi connectivity index (χ2v) is 5.17. The summed E-state index contributed by atoms with van der Waals surface area (Å²) in [5.41, 5.74) is 1.49. The number of nitrogens with zero attached hydrogens (tertiary/aromatic N) is 1. The van der Waals surface area contributed by atoms with Gasteiger partial charge in [0.05, 0.1) is 13.7 Å². The van der Waals surface area contributed by atoms with Crippen molar-refractivity contribution in [2.45, 2.75) is 20.0 Å². The van der Waals surface area contributed by atoms with Crippen LogP contribution >= 0.6 is 24.0 Å². The summed E-state index contributed by atoms with van der Waals surface area (Å²) in [5.74, 6) is 1.17. The van der Waals surface area contributed by atoms with E-state index in [9.17, 15) is 9.50 Å². The molecule has 0 saturated carbocycles. The van der Waals surface area contributed by atoms with E-state index >= 15 is 0 Å². The smallest absolute Gasteiger partial charge is 0.191 e. The minimum atomic E-state index is -0.276. The van der Waals surface area contributed by atoms with Gasteiger partial charge < -0.3 is 20.5 Å². The van der Waals surface area contributed by atoms with Gasteiger partial charge in [0.2, 0.25) is 0 Å². The van der Waals surface area contributed by atoms with Crippen LogP contribution in [0.1, 0.15) is 18.1 Å². The fourth-order valence-corrected chi connectivity index (χ4v) is 2.16. The lowest BCUT2D eigenvalue weighted by atomic mass is 10.2. The van der Waals surface area contributed by atoms with Crippen molar-refractivity contribution in [1.82, 2.24) is 10.6 Å². The van der Waals surface area contributed by atoms with E-state index in [1.807, 2.05) is 13.0 Å². The number of hydrogen-bond acceptors (Lipinski definition) is 3. The second-order valence-electron chi connectivity index (χ2n) is 5.17. The first-order valence-corrected chi connectivity index (χ1v) is 7.75. The molecule has 0 radical (unpaired) electrons. The molecule has 0 aliphatic heterocycles. The number of benzene rings is 2. The predicted molar refractivity (Wildman–Crippen MR) is 108 cm³/mol. The Morgan fingerprint density at radius 2 is 2.00 bits per heavy atom. The Morgan fingerprint density at radius 3 is 2.68 bits per heavy atom. The topological polar surface area (TPSA) is 65.9 Å². The maximum atomic E-state index is 13.2. The Morgan fingerprint density at radius 1 is 1.20 bits per heavy atom. The first-order chi connectivity index (χ1) is 11.6. The summed E-state index contributed by atoms with van der Waals surface area (Å²) in [6, 6.07) is 11.4. The fraction of sp³-hybridized carbons (Fsp3) is 0.278. The van der Waals surface area contributed by atoms with Crippen molar-refractivity contribution in [3.8, 4) is 11.5 Å². The standard InChI is InChI=1S/C18H22FN3O2.HI/c1-3-20-18(21-11-13-5-4-6-15(19)9-13)22-12-14-10-16(24-2)7-8-17(14)23;/h4-10,23H,3,11-12H2,1-2H3,(H2,20,21,22);1H. The average molecular weight is 459 g/mol. The zero-order chi connectivity index (χ0) is 17.4. The minimum absolute atomic E-state index is 0. The molecule has 3 N–H and O–H groups in total. The Bertz CT molecular complexity index is 710. The van der Waals surface area contributed by atoms with Gasteiger partial charge in [0.1, 0.15) is 17.3 Å². The zero-order valence-electron chi connectivity index (χ0n) is 14.3. The number of nitrogens with one attached hydrogen (secondary N) is 2. The number of methoxy groups -OCH3 is 1. The largest absolute Gasteiger partial charge is 0.508 e. The lowest BCUT2D eigenvalue weighted by molar-refractivity contribution is 0.410. The predicted octanol–water partition coefficient (Wildman–Crippen LogP) is 3.41. The van der Waals surface area contributed by atoms with Gasteiger partial charge in [0.15, 0.2) is 5.96 Å². The first-order valence-electron chi connectivity index (χ1n) is 7.75. The van der Waals surface area contributed by atoms with Gasteiger partial charge in [0, 0.05) is 18.7 Å². The van der Waals surface area contributed by atoms with Crippen LogP contribution in [0.15, 0.2) is 47.5 Å². The van der Waals surface area contributed by atoms with Crippen molar-refractivity contribution in [2.75, 3.05) is 13.7 Å². The third kappa shape index (κ3) is 6.77. The molecule has 2 rings (SSSR count). The lowest BCUT2D eigenvalue weighted by Crippen LogP contribution is -2.36. The maximum absolute atomic E-state index is 13.2. The van der Waals surface area contributed by atoms with E-state index in [-0.39, 0.29) is 35.5 Å². The number of rotatable bonds is 6. The molecule has 5 nitrogen and oxygen atoms in total. The molecule has 0 atom stereocenters. The van der Waals surface area contributed by atoms with Crippen molar-refractivity contribution in [3.05, 3.63) is 59.4 Å². The van der Waals surface area contributed by atoms with Crippen molar-refractivity contribution >= 4 is 29.9 Å². The van der Waals surface area contributed by atoms with Crippen molar-refractivity contribution in [1.29, 1.82) is 0 Å². The molecule has 0 heterocycles. The molecular formula is C18H23FIN3O2. The van der Waals surface area contributed by atoms with Gasteiger partial charge in [-0.1, -0.05) is 12.1 Å². The molecule has 0 aliphatic carbocycles. The van der Waals surface area contributed by atoms with Crippen LogP contribution < -0.4 is 15.4 Å². The Hall–Kier alpha value is -2.03. The van der Waals surface area contributed by atoms with Crippen molar-refractivity contribution in [3.63, 3.8) is 0 Å². The molecule has 7 heteroatoms. The molecule has 25 heavy (non-hydrogen) atoms. The van der Waals surface area contributed by atoms with Crippen molar-refractivity contribution < 1.29 is 14.2 Å². The molecule has 0 unspecified atom stereocenters. The van der Waals surface area contributed by atoms with Crippen LogP contribution in [0.4, 0.5) is 4.39 Å². The third-order valence-electron chi connectivity index (χ3n) is 3.39. The van der Waals surface area contributed by atoms with Gasteiger partial charge in [-0.25, -0.2) is 9.38 Å². The number of ether oxygens (including phenoxy) is 1. The van der Waals surface area contributed by atoms with Gasteiger partial charge in [-0.05, 0) is 42.8 Å². The number of phenols is 1. The van der Waals surface area contributed by atoms with Gasteiger partial charge in [-0.15, -0.1) is 24.0 Å². The van der Waals surface area contributed by atoms with Crippen molar-refractivity contribution in [2.24, 2.45) is 4.99 Å². The minimum Gasteiger partial charge on any atom is -0.508 e. The Balaban J connectivity index is 0.00000312. The molecule has 0 amide bonds. The number of aliphatic imine (C=N–C) groups is 1. The molecule has 2 aromatic carbocycles. The van der Waals surface area contributed by atoms with Gasteiger partial charge in [-0.2, -0.15) is 0 Å². The van der Waals surface area contributed by atoms with E-state index in [0.29, 0.717) is 36.9 Å². The van der Waals surface area contributed by atoms with E-state index in [1.165, 1.54) is 12.1 Å². The molecule has 0 aliphatic rings. The number of guanidine groups is 1. The van der Waals surface area contributed by atoms with Crippen LogP contribution in [0.3, 0.4) is 0 Å². The van der Waals surface area contributed by atoms with Gasteiger partial charge >= 0.3 is 0 Å². The summed E-state index contributed by atoms with van der Waals surface area (Å²) in [6.45, 7) is 3.40. The summed E-state index contributed by atoms with van der Waals surface area (Å²) in [7, 11) is 1.58. The monoisotopic (exact) mass is 459 g/mol. The van der Waals surface area contributed by atoms with E-state index in [4.69, 9.17) is 4.74 Å². The Labute approximate surface area is 164 Å². The highest BCUT2D eigenvalue weighted by Gasteiger charge is 2.05. The van der Waals surface area contributed by atoms with Crippen LogP contribution in [0.5, 0.6) is 11.5 Å². The van der Waals surface area contributed by atoms with Crippen LogP contribution in [-0.2, 0) is 13.1 Å². The number of phenolic OH excluding ortho intramolecular Hbond substituents is 1. The zero-order valence-corrected chi connectivity index (χ0v) is 16.6. The van der Waals surface area contributed by atoms with Crippen LogP contribution in [0, 0.1) is 5.82 Å². The lowest BCUT2D eigenvalue weighted by Gasteiger charge is -2.13. The highest BCUT2D eigenvalue weighted by Crippen LogP contribution is 2.22. The summed E-state index contributed by atoms with van der Waals surface area (Å²) >= 11 is 0. The molecule has 0 spiro atoms. The van der Waals surface area contributed by atoms with Crippen LogP contribution in [-0.4, -0.2) is 24.7 Å². The summed E-state index contributed by atoms with van der Waals surface area (Å²) in [5, 5.41) is 16.2. The van der Waals surface area contributed by atoms with E-state index in [2.05, 4.69) is 15.6 Å². The number of aromatic hydroxyl groups is 1. The molecule has 0 aromatic heterocycles. The van der Waals surface area contributed by atoms with Gasteiger partial charge in [0.25, 0.3) is 0 Å². The second kappa shape index (κ2) is 10.8. The maximum Gasteiger partial charge on any atom is 0.191 e. The molecule has 2 aromatic rings.